The van der Waals surface area contributed by atoms with Crippen molar-refractivity contribution in [3.05, 3.63) is 41.0 Å². The van der Waals surface area contributed by atoms with E-state index in [1.165, 1.54) is 0 Å². The van der Waals surface area contributed by atoms with Gasteiger partial charge in [-0.2, -0.15) is 0 Å². The van der Waals surface area contributed by atoms with Crippen molar-refractivity contribution in [2.24, 2.45) is 0 Å². The first-order valence-corrected chi connectivity index (χ1v) is 9.51. The fourth-order valence-corrected chi connectivity index (χ4v) is 4.00. The van der Waals surface area contributed by atoms with Crippen LogP contribution in [0.1, 0.15) is 50.6 Å². The summed E-state index contributed by atoms with van der Waals surface area (Å²) in [4.78, 5) is 19.5. The van der Waals surface area contributed by atoms with Gasteiger partial charge in [0, 0.05) is 24.2 Å². The maximum atomic E-state index is 13.1. The fraction of sp³-hybridized carbons (Fsp3) is 0.500. The first kappa shape index (κ1) is 16.8. The SMILES string of the molecule is C[C@H](c1cc(Cl)c2ncccc2c1)N(C(=O)[C@H]1CCCCO1)C1CC1. The second kappa shape index (κ2) is 6.93. The number of benzene rings is 1. The summed E-state index contributed by atoms with van der Waals surface area (Å²) in [5.74, 6) is 0.136. The third-order valence-corrected chi connectivity index (χ3v) is 5.52. The van der Waals surface area contributed by atoms with Gasteiger partial charge in [-0.3, -0.25) is 9.78 Å². The minimum Gasteiger partial charge on any atom is -0.368 e. The van der Waals surface area contributed by atoms with Gasteiger partial charge in [0.05, 0.1) is 16.6 Å². The molecule has 2 aliphatic rings. The van der Waals surface area contributed by atoms with Crippen LogP contribution in [-0.4, -0.2) is 34.5 Å². The zero-order chi connectivity index (χ0) is 17.4. The summed E-state index contributed by atoms with van der Waals surface area (Å²) in [7, 11) is 0. The Kier molecular flexibility index (Phi) is 4.65. The molecule has 0 unspecified atom stereocenters. The Morgan fingerprint density at radius 1 is 1.32 bits per heavy atom. The summed E-state index contributed by atoms with van der Waals surface area (Å²) in [5, 5.41) is 1.64. The fourth-order valence-electron chi connectivity index (χ4n) is 3.71. The predicted octanol–water partition coefficient (Wildman–Crippen LogP) is 4.51. The van der Waals surface area contributed by atoms with E-state index in [1.54, 1.807) is 6.20 Å². The summed E-state index contributed by atoms with van der Waals surface area (Å²) in [6, 6.07) is 8.28. The van der Waals surface area contributed by atoms with Crippen molar-refractivity contribution in [2.75, 3.05) is 6.61 Å². The van der Waals surface area contributed by atoms with Crippen molar-refractivity contribution in [1.29, 1.82) is 0 Å². The summed E-state index contributed by atoms with van der Waals surface area (Å²) in [5.41, 5.74) is 1.86. The summed E-state index contributed by atoms with van der Waals surface area (Å²) in [6.45, 7) is 2.78. The molecule has 2 atom stereocenters. The number of hydrogen-bond acceptors (Lipinski definition) is 3. The minimum atomic E-state index is -0.283. The minimum absolute atomic E-state index is 0.0207. The average molecular weight is 359 g/mol. The maximum absolute atomic E-state index is 13.1. The maximum Gasteiger partial charge on any atom is 0.252 e. The molecule has 1 aliphatic heterocycles. The van der Waals surface area contributed by atoms with Crippen LogP contribution in [0.3, 0.4) is 0 Å². The Morgan fingerprint density at radius 2 is 2.16 bits per heavy atom. The highest BCUT2D eigenvalue weighted by Crippen LogP contribution is 2.37. The first-order valence-electron chi connectivity index (χ1n) is 9.13. The smallest absolute Gasteiger partial charge is 0.252 e. The number of ether oxygens (including phenoxy) is 1. The zero-order valence-electron chi connectivity index (χ0n) is 14.5. The molecule has 1 aromatic carbocycles. The topological polar surface area (TPSA) is 42.4 Å². The van der Waals surface area contributed by atoms with E-state index in [4.69, 9.17) is 16.3 Å². The number of halogens is 1. The van der Waals surface area contributed by atoms with Gasteiger partial charge in [-0.25, -0.2) is 0 Å². The number of aromatic nitrogens is 1. The lowest BCUT2D eigenvalue weighted by Crippen LogP contribution is -2.44. The van der Waals surface area contributed by atoms with Crippen LogP contribution in [0.2, 0.25) is 5.02 Å². The molecular weight excluding hydrogens is 336 g/mol. The van der Waals surface area contributed by atoms with Gasteiger partial charge in [-0.15, -0.1) is 0 Å². The summed E-state index contributed by atoms with van der Waals surface area (Å²) < 4.78 is 5.75. The third-order valence-electron chi connectivity index (χ3n) is 5.23. The molecule has 1 amide bonds. The molecule has 0 spiro atoms. The molecule has 4 rings (SSSR count). The molecule has 2 aromatic rings. The highest BCUT2D eigenvalue weighted by atomic mass is 35.5. The lowest BCUT2D eigenvalue weighted by molar-refractivity contribution is -0.149. The summed E-state index contributed by atoms with van der Waals surface area (Å²) >= 11 is 6.44. The van der Waals surface area contributed by atoms with Gasteiger partial charge < -0.3 is 9.64 Å². The molecule has 1 aromatic heterocycles. The van der Waals surface area contributed by atoms with E-state index in [0.29, 0.717) is 17.7 Å². The van der Waals surface area contributed by atoms with Crippen LogP contribution in [0, 0.1) is 0 Å². The van der Waals surface area contributed by atoms with Crippen molar-refractivity contribution in [2.45, 2.75) is 57.2 Å². The zero-order valence-corrected chi connectivity index (χ0v) is 15.2. The van der Waals surface area contributed by atoms with Gasteiger partial charge in [0.2, 0.25) is 0 Å². The number of hydrogen-bond donors (Lipinski definition) is 0. The first-order chi connectivity index (χ1) is 12.1. The molecule has 5 heteroatoms. The quantitative estimate of drug-likeness (QED) is 0.807. The van der Waals surface area contributed by atoms with Gasteiger partial charge in [0.15, 0.2) is 0 Å². The van der Waals surface area contributed by atoms with Crippen LogP contribution in [0.15, 0.2) is 30.5 Å². The molecule has 0 bridgehead atoms. The number of carbonyl (C=O) groups excluding carboxylic acids is 1. The number of rotatable bonds is 4. The van der Waals surface area contributed by atoms with Crippen molar-refractivity contribution in [3.8, 4) is 0 Å². The second-order valence-electron chi connectivity index (χ2n) is 7.09. The molecule has 2 heterocycles. The highest BCUT2D eigenvalue weighted by molar-refractivity contribution is 6.35. The van der Waals surface area contributed by atoms with Gasteiger partial charge in [-0.05, 0) is 62.8 Å². The van der Waals surface area contributed by atoms with Crippen molar-refractivity contribution in [3.63, 3.8) is 0 Å². The molecule has 1 saturated heterocycles. The van der Waals surface area contributed by atoms with Gasteiger partial charge in [0.1, 0.15) is 6.10 Å². The van der Waals surface area contributed by atoms with Crippen LogP contribution >= 0.6 is 11.6 Å². The molecule has 0 N–H and O–H groups in total. The van der Waals surface area contributed by atoms with Gasteiger partial charge in [0.25, 0.3) is 5.91 Å². The Morgan fingerprint density at radius 3 is 2.88 bits per heavy atom. The van der Waals surface area contributed by atoms with Crippen LogP contribution in [0.25, 0.3) is 10.9 Å². The van der Waals surface area contributed by atoms with Crippen molar-refractivity contribution < 1.29 is 9.53 Å². The molecule has 2 fully saturated rings. The number of carbonyl (C=O) groups is 1. The Labute approximate surface area is 153 Å². The lowest BCUT2D eigenvalue weighted by Gasteiger charge is -2.34. The van der Waals surface area contributed by atoms with Crippen molar-refractivity contribution in [1.82, 2.24) is 9.88 Å². The molecule has 4 nitrogen and oxygen atoms in total. The number of nitrogens with zero attached hydrogens (tertiary/aromatic N) is 2. The normalized spacial score (nSPS) is 21.9. The van der Waals surface area contributed by atoms with E-state index in [0.717, 1.165) is 48.6 Å². The molecule has 1 aliphatic carbocycles. The average Bonchev–Trinajstić information content (AvgIpc) is 3.47. The highest BCUT2D eigenvalue weighted by Gasteiger charge is 2.39. The molecule has 132 valence electrons. The van der Waals surface area contributed by atoms with E-state index in [2.05, 4.69) is 18.0 Å². The van der Waals surface area contributed by atoms with Gasteiger partial charge in [-0.1, -0.05) is 17.7 Å². The predicted molar refractivity (Wildman–Crippen MR) is 98.6 cm³/mol. The van der Waals surface area contributed by atoms with Crippen molar-refractivity contribution >= 4 is 28.4 Å². The summed E-state index contributed by atoms with van der Waals surface area (Å²) in [6.07, 6.45) is 6.56. The van der Waals surface area contributed by atoms with E-state index >= 15 is 0 Å². The Balaban J connectivity index is 1.64. The van der Waals surface area contributed by atoms with E-state index in [9.17, 15) is 4.79 Å². The number of pyridine rings is 1. The number of amides is 1. The molecular formula is C20H23ClN2O2. The standard InChI is InChI=1S/C20H23ClN2O2/c1-13(15-11-14-5-4-9-22-19(14)17(21)12-15)23(16-7-8-16)20(24)18-6-2-3-10-25-18/h4-5,9,11-13,16,18H,2-3,6-8,10H2,1H3/t13-,18-/m1/s1. The van der Waals surface area contributed by atoms with Crippen LogP contribution < -0.4 is 0 Å². The van der Waals surface area contributed by atoms with Crippen LogP contribution in [-0.2, 0) is 9.53 Å². The second-order valence-corrected chi connectivity index (χ2v) is 7.49. The Bertz CT molecular complexity index is 784. The third kappa shape index (κ3) is 3.38. The van der Waals surface area contributed by atoms with Crippen LogP contribution in [0.5, 0.6) is 0 Å². The monoisotopic (exact) mass is 358 g/mol. The van der Waals surface area contributed by atoms with Crippen LogP contribution in [0.4, 0.5) is 0 Å². The molecule has 0 radical (unpaired) electrons. The van der Waals surface area contributed by atoms with E-state index in [-0.39, 0.29) is 18.1 Å². The Hall–Kier alpha value is -1.65. The van der Waals surface area contributed by atoms with E-state index in [1.807, 2.05) is 23.1 Å². The number of fused-ring (bicyclic) bond motifs is 1. The molecule has 1 saturated carbocycles. The van der Waals surface area contributed by atoms with E-state index < -0.39 is 0 Å². The lowest BCUT2D eigenvalue weighted by atomic mass is 10.0. The largest absolute Gasteiger partial charge is 0.368 e. The molecule has 25 heavy (non-hydrogen) atoms. The van der Waals surface area contributed by atoms with Gasteiger partial charge >= 0.3 is 0 Å².